The highest BCUT2D eigenvalue weighted by atomic mass is 16.5. The van der Waals surface area contributed by atoms with E-state index in [0.29, 0.717) is 37.3 Å². The molecule has 1 aromatic carbocycles. The molecule has 0 atom stereocenters. The molecule has 2 aromatic rings. The molecule has 0 spiro atoms. The van der Waals surface area contributed by atoms with Crippen LogP contribution in [0.4, 0.5) is 0 Å². The second-order valence-electron chi connectivity index (χ2n) is 6.20. The third-order valence-electron chi connectivity index (χ3n) is 4.14. The summed E-state index contributed by atoms with van der Waals surface area (Å²) >= 11 is 0. The second-order valence-corrected chi connectivity index (χ2v) is 6.20. The maximum atomic E-state index is 11.8. The van der Waals surface area contributed by atoms with Crippen LogP contribution in [0.5, 0.6) is 5.75 Å². The molecule has 1 amide bonds. The van der Waals surface area contributed by atoms with Crippen molar-refractivity contribution in [3.63, 3.8) is 0 Å². The number of rotatable bonds is 9. The zero-order valence-corrected chi connectivity index (χ0v) is 14.8. The first-order valence-electron chi connectivity index (χ1n) is 8.88. The van der Waals surface area contributed by atoms with E-state index in [1.54, 1.807) is 0 Å². The average molecular weight is 343 g/mol. The van der Waals surface area contributed by atoms with Crippen LogP contribution in [-0.4, -0.2) is 35.0 Å². The first-order chi connectivity index (χ1) is 12.2. The van der Waals surface area contributed by atoms with E-state index in [0.717, 1.165) is 12.3 Å². The molecule has 134 valence electrons. The fraction of sp³-hybridized carbons (Fsp3) is 0.474. The number of carbonyl (C=O) groups is 1. The van der Waals surface area contributed by atoms with E-state index in [9.17, 15) is 4.79 Å². The van der Waals surface area contributed by atoms with E-state index in [1.165, 1.54) is 24.7 Å². The number of oxazole rings is 1. The Morgan fingerprint density at radius 1 is 1.28 bits per heavy atom. The van der Waals surface area contributed by atoms with E-state index < -0.39 is 0 Å². The molecule has 0 unspecified atom stereocenters. The Bertz CT molecular complexity index is 692. The Kier molecular flexibility index (Phi) is 5.71. The van der Waals surface area contributed by atoms with Crippen LogP contribution < -0.4 is 10.1 Å². The number of benzene rings is 1. The Morgan fingerprint density at radius 2 is 2.04 bits per heavy atom. The van der Waals surface area contributed by atoms with Gasteiger partial charge in [-0.2, -0.15) is 0 Å². The van der Waals surface area contributed by atoms with Gasteiger partial charge in [0.15, 0.2) is 5.69 Å². The van der Waals surface area contributed by atoms with E-state index in [-0.39, 0.29) is 5.91 Å². The standard InChI is InChI=1S/C19H25N3O3/c1-3-20-19(23)17-13-25-18(21-17)12-22(15-7-8-15)11-14-5-9-16(10-6-14)24-4-2/h5-6,9-10,13,15H,3-4,7-8,11-12H2,1-2H3,(H,20,23). The first-order valence-corrected chi connectivity index (χ1v) is 8.88. The lowest BCUT2D eigenvalue weighted by Gasteiger charge is -2.20. The van der Waals surface area contributed by atoms with Gasteiger partial charge in [-0.15, -0.1) is 0 Å². The molecule has 25 heavy (non-hydrogen) atoms. The minimum atomic E-state index is -0.193. The third-order valence-corrected chi connectivity index (χ3v) is 4.14. The summed E-state index contributed by atoms with van der Waals surface area (Å²) in [5.41, 5.74) is 1.57. The summed E-state index contributed by atoms with van der Waals surface area (Å²) in [4.78, 5) is 18.5. The van der Waals surface area contributed by atoms with Crippen LogP contribution in [0, 0.1) is 0 Å². The van der Waals surface area contributed by atoms with Gasteiger partial charge in [-0.3, -0.25) is 9.69 Å². The molecule has 0 bridgehead atoms. The number of aromatic nitrogens is 1. The number of ether oxygens (including phenoxy) is 1. The van der Waals surface area contributed by atoms with Crippen molar-refractivity contribution in [2.75, 3.05) is 13.2 Å². The quantitative estimate of drug-likeness (QED) is 0.758. The number of nitrogens with zero attached hydrogens (tertiary/aromatic N) is 2. The lowest BCUT2D eigenvalue weighted by Crippen LogP contribution is -2.26. The normalized spacial score (nSPS) is 13.9. The van der Waals surface area contributed by atoms with Crippen molar-refractivity contribution in [2.45, 2.75) is 45.8 Å². The smallest absolute Gasteiger partial charge is 0.273 e. The average Bonchev–Trinajstić information content (AvgIpc) is 3.35. The van der Waals surface area contributed by atoms with Crippen molar-refractivity contribution in [3.8, 4) is 5.75 Å². The lowest BCUT2D eigenvalue weighted by molar-refractivity contribution is 0.0950. The van der Waals surface area contributed by atoms with Crippen molar-refractivity contribution < 1.29 is 13.9 Å². The van der Waals surface area contributed by atoms with Gasteiger partial charge in [0, 0.05) is 19.1 Å². The van der Waals surface area contributed by atoms with Gasteiger partial charge in [0.2, 0.25) is 5.89 Å². The van der Waals surface area contributed by atoms with Gasteiger partial charge in [0.05, 0.1) is 13.2 Å². The third kappa shape index (κ3) is 4.82. The fourth-order valence-electron chi connectivity index (χ4n) is 2.76. The molecule has 1 N–H and O–H groups in total. The van der Waals surface area contributed by atoms with Crippen LogP contribution >= 0.6 is 0 Å². The molecule has 0 aliphatic heterocycles. The predicted molar refractivity (Wildman–Crippen MR) is 94.4 cm³/mol. The van der Waals surface area contributed by atoms with Crippen molar-refractivity contribution >= 4 is 5.91 Å². The molecular weight excluding hydrogens is 318 g/mol. The molecule has 3 rings (SSSR count). The molecule has 1 aliphatic carbocycles. The SMILES string of the molecule is CCNC(=O)c1coc(CN(Cc2ccc(OCC)cc2)C2CC2)n1. The largest absolute Gasteiger partial charge is 0.494 e. The van der Waals surface area contributed by atoms with Crippen molar-refractivity contribution in [1.29, 1.82) is 0 Å². The van der Waals surface area contributed by atoms with Crippen molar-refractivity contribution in [1.82, 2.24) is 15.2 Å². The highest BCUT2D eigenvalue weighted by Crippen LogP contribution is 2.30. The number of nitrogens with one attached hydrogen (secondary N) is 1. The summed E-state index contributed by atoms with van der Waals surface area (Å²) in [5.74, 6) is 1.28. The monoisotopic (exact) mass is 343 g/mol. The van der Waals surface area contributed by atoms with E-state index in [1.807, 2.05) is 26.0 Å². The summed E-state index contributed by atoms with van der Waals surface area (Å²) in [5, 5.41) is 2.73. The molecular formula is C19H25N3O3. The molecule has 1 saturated carbocycles. The van der Waals surface area contributed by atoms with Crippen LogP contribution in [0.3, 0.4) is 0 Å². The highest BCUT2D eigenvalue weighted by molar-refractivity contribution is 5.91. The maximum Gasteiger partial charge on any atom is 0.273 e. The van der Waals surface area contributed by atoms with Crippen LogP contribution in [0.1, 0.15) is 48.6 Å². The molecule has 6 heteroatoms. The Labute approximate surface area is 148 Å². The Morgan fingerprint density at radius 3 is 2.68 bits per heavy atom. The number of amides is 1. The number of hydrogen-bond acceptors (Lipinski definition) is 5. The Balaban J connectivity index is 1.63. The molecule has 0 radical (unpaired) electrons. The molecule has 6 nitrogen and oxygen atoms in total. The molecule has 1 aliphatic rings. The Hall–Kier alpha value is -2.34. The van der Waals surface area contributed by atoms with E-state index >= 15 is 0 Å². The topological polar surface area (TPSA) is 67.6 Å². The fourth-order valence-corrected chi connectivity index (χ4v) is 2.76. The summed E-state index contributed by atoms with van der Waals surface area (Å²) in [7, 11) is 0. The minimum Gasteiger partial charge on any atom is -0.494 e. The summed E-state index contributed by atoms with van der Waals surface area (Å²) in [6.45, 7) is 6.55. The predicted octanol–water partition coefficient (Wildman–Crippen LogP) is 2.99. The van der Waals surface area contributed by atoms with Crippen LogP contribution in [-0.2, 0) is 13.1 Å². The minimum absolute atomic E-state index is 0.193. The second kappa shape index (κ2) is 8.16. The van der Waals surface area contributed by atoms with Gasteiger partial charge >= 0.3 is 0 Å². The summed E-state index contributed by atoms with van der Waals surface area (Å²) in [6, 6.07) is 8.75. The van der Waals surface area contributed by atoms with Gasteiger partial charge < -0.3 is 14.5 Å². The van der Waals surface area contributed by atoms with Crippen LogP contribution in [0.25, 0.3) is 0 Å². The van der Waals surface area contributed by atoms with Crippen molar-refractivity contribution in [2.24, 2.45) is 0 Å². The number of hydrogen-bond donors (Lipinski definition) is 1. The molecule has 1 heterocycles. The van der Waals surface area contributed by atoms with E-state index in [4.69, 9.17) is 9.15 Å². The van der Waals surface area contributed by atoms with Gasteiger partial charge in [-0.05, 0) is 44.4 Å². The van der Waals surface area contributed by atoms with Gasteiger partial charge in [0.25, 0.3) is 5.91 Å². The van der Waals surface area contributed by atoms with Crippen molar-refractivity contribution in [3.05, 3.63) is 47.7 Å². The molecule has 1 fully saturated rings. The molecule has 1 aromatic heterocycles. The zero-order chi connectivity index (χ0) is 17.6. The first kappa shape index (κ1) is 17.5. The number of carbonyl (C=O) groups excluding carboxylic acids is 1. The zero-order valence-electron chi connectivity index (χ0n) is 14.8. The van der Waals surface area contributed by atoms with Gasteiger partial charge in [-0.25, -0.2) is 4.98 Å². The molecule has 0 saturated heterocycles. The van der Waals surface area contributed by atoms with Gasteiger partial charge in [0.1, 0.15) is 12.0 Å². The highest BCUT2D eigenvalue weighted by Gasteiger charge is 2.30. The van der Waals surface area contributed by atoms with Gasteiger partial charge in [-0.1, -0.05) is 12.1 Å². The van der Waals surface area contributed by atoms with Crippen LogP contribution in [0.2, 0.25) is 0 Å². The summed E-state index contributed by atoms with van der Waals surface area (Å²) in [6.07, 6.45) is 3.82. The van der Waals surface area contributed by atoms with Crippen LogP contribution in [0.15, 0.2) is 34.9 Å². The summed E-state index contributed by atoms with van der Waals surface area (Å²) < 4.78 is 11.0. The van der Waals surface area contributed by atoms with E-state index in [2.05, 4.69) is 27.3 Å². The lowest BCUT2D eigenvalue weighted by atomic mass is 10.2. The maximum absolute atomic E-state index is 11.8.